The zero-order chi connectivity index (χ0) is 16.3. The standard InChI is InChI=1S/C15H15NO5S/c1-8-9(2)21-10(3)13(8)15(19)20-7-12(17)16-14(18)11-5-4-6-22-11/h4-6H,7H2,1-3H3,(H,16,17,18). The minimum atomic E-state index is -0.678. The Kier molecular flexibility index (Phi) is 4.77. The van der Waals surface area contributed by atoms with Gasteiger partial charge in [0.2, 0.25) is 0 Å². The molecule has 2 rings (SSSR count). The Morgan fingerprint density at radius 1 is 1.23 bits per heavy atom. The van der Waals surface area contributed by atoms with Crippen molar-refractivity contribution in [1.29, 1.82) is 0 Å². The number of ether oxygens (including phenoxy) is 1. The van der Waals surface area contributed by atoms with Crippen LogP contribution in [0, 0.1) is 20.8 Å². The van der Waals surface area contributed by atoms with Gasteiger partial charge in [-0.15, -0.1) is 11.3 Å². The number of carbonyl (C=O) groups is 3. The molecule has 7 heteroatoms. The minimum absolute atomic E-state index is 0.315. The largest absolute Gasteiger partial charge is 0.465 e. The van der Waals surface area contributed by atoms with Crippen LogP contribution in [0.25, 0.3) is 0 Å². The van der Waals surface area contributed by atoms with E-state index < -0.39 is 24.4 Å². The van der Waals surface area contributed by atoms with Gasteiger partial charge >= 0.3 is 5.97 Å². The molecule has 0 saturated heterocycles. The van der Waals surface area contributed by atoms with Gasteiger partial charge in [0.15, 0.2) is 6.61 Å². The van der Waals surface area contributed by atoms with E-state index in [4.69, 9.17) is 9.15 Å². The third-order valence-corrected chi connectivity index (χ3v) is 3.97. The molecule has 116 valence electrons. The highest BCUT2D eigenvalue weighted by Crippen LogP contribution is 2.21. The number of thiophene rings is 1. The number of aryl methyl sites for hydroxylation is 2. The first-order chi connectivity index (χ1) is 10.4. The average molecular weight is 321 g/mol. The maximum absolute atomic E-state index is 12.0. The number of esters is 1. The third kappa shape index (κ3) is 3.43. The number of amides is 2. The van der Waals surface area contributed by atoms with Crippen LogP contribution in [-0.2, 0) is 9.53 Å². The number of imide groups is 1. The average Bonchev–Trinajstić information content (AvgIpc) is 3.06. The lowest BCUT2D eigenvalue weighted by Crippen LogP contribution is -2.33. The Labute approximate surface area is 131 Å². The van der Waals surface area contributed by atoms with E-state index in [2.05, 4.69) is 5.32 Å². The monoisotopic (exact) mass is 321 g/mol. The SMILES string of the molecule is Cc1oc(C)c(C(=O)OCC(=O)NC(=O)c2cccs2)c1C. The summed E-state index contributed by atoms with van der Waals surface area (Å²) in [6.07, 6.45) is 0. The van der Waals surface area contributed by atoms with Gasteiger partial charge in [-0.1, -0.05) is 6.07 Å². The summed E-state index contributed by atoms with van der Waals surface area (Å²) in [5.74, 6) is -0.771. The molecule has 0 bridgehead atoms. The summed E-state index contributed by atoms with van der Waals surface area (Å²) in [7, 11) is 0. The van der Waals surface area contributed by atoms with Gasteiger partial charge in [-0.25, -0.2) is 4.79 Å². The zero-order valence-electron chi connectivity index (χ0n) is 12.4. The molecule has 2 amide bonds. The molecular formula is C15H15NO5S. The molecule has 0 spiro atoms. The molecule has 0 fully saturated rings. The van der Waals surface area contributed by atoms with Gasteiger partial charge in [0.05, 0.1) is 4.88 Å². The molecule has 1 N–H and O–H groups in total. The van der Waals surface area contributed by atoms with E-state index in [1.54, 1.807) is 38.3 Å². The van der Waals surface area contributed by atoms with E-state index >= 15 is 0 Å². The number of hydrogen-bond donors (Lipinski definition) is 1. The topological polar surface area (TPSA) is 85.6 Å². The van der Waals surface area contributed by atoms with Crippen molar-refractivity contribution in [3.63, 3.8) is 0 Å². The molecule has 2 aromatic rings. The molecule has 22 heavy (non-hydrogen) atoms. The first-order valence-corrected chi connectivity index (χ1v) is 7.39. The Bertz CT molecular complexity index is 715. The van der Waals surface area contributed by atoms with Crippen LogP contribution in [0.3, 0.4) is 0 Å². The van der Waals surface area contributed by atoms with Gasteiger partial charge < -0.3 is 9.15 Å². The van der Waals surface area contributed by atoms with Gasteiger partial charge in [-0.05, 0) is 32.2 Å². The summed E-state index contributed by atoms with van der Waals surface area (Å²) in [6.45, 7) is 4.60. The van der Waals surface area contributed by atoms with Gasteiger partial charge in [0, 0.05) is 5.56 Å². The highest BCUT2D eigenvalue weighted by atomic mass is 32.1. The maximum Gasteiger partial charge on any atom is 0.342 e. The molecule has 0 aromatic carbocycles. The van der Waals surface area contributed by atoms with Crippen molar-refractivity contribution in [2.24, 2.45) is 0 Å². The summed E-state index contributed by atoms with van der Waals surface area (Å²) in [5.41, 5.74) is 0.993. The summed E-state index contributed by atoms with van der Waals surface area (Å²) in [5, 5.41) is 3.88. The van der Waals surface area contributed by atoms with E-state index in [1.165, 1.54) is 11.3 Å². The smallest absolute Gasteiger partial charge is 0.342 e. The molecule has 0 aliphatic rings. The molecule has 2 heterocycles. The molecule has 2 aromatic heterocycles. The van der Waals surface area contributed by atoms with Crippen molar-refractivity contribution >= 4 is 29.1 Å². The fraction of sp³-hybridized carbons (Fsp3) is 0.267. The predicted molar refractivity (Wildman–Crippen MR) is 80.0 cm³/mol. The fourth-order valence-corrected chi connectivity index (χ4v) is 2.55. The minimum Gasteiger partial charge on any atom is -0.465 e. The highest BCUT2D eigenvalue weighted by Gasteiger charge is 2.21. The third-order valence-electron chi connectivity index (χ3n) is 3.10. The van der Waals surface area contributed by atoms with E-state index in [0.29, 0.717) is 27.5 Å². The lowest BCUT2D eigenvalue weighted by atomic mass is 10.1. The van der Waals surface area contributed by atoms with Crippen LogP contribution in [0.1, 0.15) is 37.1 Å². The van der Waals surface area contributed by atoms with E-state index in [-0.39, 0.29) is 0 Å². The first kappa shape index (κ1) is 16.0. The normalized spacial score (nSPS) is 10.3. The molecule has 0 unspecified atom stereocenters. The van der Waals surface area contributed by atoms with E-state index in [1.807, 2.05) is 0 Å². The quantitative estimate of drug-likeness (QED) is 0.874. The molecule has 0 aliphatic heterocycles. The molecular weight excluding hydrogens is 306 g/mol. The number of rotatable bonds is 4. The van der Waals surface area contributed by atoms with Crippen LogP contribution in [0.2, 0.25) is 0 Å². The highest BCUT2D eigenvalue weighted by molar-refractivity contribution is 7.12. The second kappa shape index (κ2) is 6.57. The van der Waals surface area contributed by atoms with Crippen molar-refractivity contribution in [2.75, 3.05) is 6.61 Å². The number of nitrogens with one attached hydrogen (secondary N) is 1. The van der Waals surface area contributed by atoms with E-state index in [9.17, 15) is 14.4 Å². The fourth-order valence-electron chi connectivity index (χ4n) is 1.93. The first-order valence-electron chi connectivity index (χ1n) is 6.51. The Hall–Kier alpha value is -2.41. The molecule has 0 radical (unpaired) electrons. The predicted octanol–water partition coefficient (Wildman–Crippen LogP) is 2.38. The Morgan fingerprint density at radius 3 is 2.50 bits per heavy atom. The Morgan fingerprint density at radius 2 is 1.95 bits per heavy atom. The number of hydrogen-bond acceptors (Lipinski definition) is 6. The van der Waals surface area contributed by atoms with Gasteiger partial charge in [-0.2, -0.15) is 0 Å². The number of carbonyl (C=O) groups excluding carboxylic acids is 3. The summed E-state index contributed by atoms with van der Waals surface area (Å²) < 4.78 is 10.3. The van der Waals surface area contributed by atoms with Crippen molar-refractivity contribution in [1.82, 2.24) is 5.32 Å². The molecule has 0 atom stereocenters. The van der Waals surface area contributed by atoms with Crippen LogP contribution in [-0.4, -0.2) is 24.4 Å². The summed E-state index contributed by atoms with van der Waals surface area (Å²) >= 11 is 1.22. The van der Waals surface area contributed by atoms with Gasteiger partial charge in [0.1, 0.15) is 17.1 Å². The van der Waals surface area contributed by atoms with Crippen molar-refractivity contribution in [3.8, 4) is 0 Å². The lowest BCUT2D eigenvalue weighted by Gasteiger charge is -2.05. The van der Waals surface area contributed by atoms with Crippen LogP contribution < -0.4 is 5.32 Å². The maximum atomic E-state index is 12.0. The second-order valence-corrected chi connectivity index (χ2v) is 5.59. The van der Waals surface area contributed by atoms with Crippen LogP contribution >= 0.6 is 11.3 Å². The summed E-state index contributed by atoms with van der Waals surface area (Å²) in [6, 6.07) is 3.30. The van der Waals surface area contributed by atoms with Gasteiger partial charge in [0.25, 0.3) is 11.8 Å². The second-order valence-electron chi connectivity index (χ2n) is 4.65. The zero-order valence-corrected chi connectivity index (χ0v) is 13.2. The lowest BCUT2D eigenvalue weighted by molar-refractivity contribution is -0.123. The van der Waals surface area contributed by atoms with Crippen LogP contribution in [0.5, 0.6) is 0 Å². The summed E-state index contributed by atoms with van der Waals surface area (Å²) in [4.78, 5) is 35.7. The molecule has 0 aliphatic carbocycles. The van der Waals surface area contributed by atoms with Crippen molar-refractivity contribution in [2.45, 2.75) is 20.8 Å². The Balaban J connectivity index is 1.91. The number of furan rings is 1. The molecule has 6 nitrogen and oxygen atoms in total. The van der Waals surface area contributed by atoms with Crippen molar-refractivity contribution < 1.29 is 23.5 Å². The van der Waals surface area contributed by atoms with Crippen LogP contribution in [0.15, 0.2) is 21.9 Å². The van der Waals surface area contributed by atoms with Crippen molar-refractivity contribution in [3.05, 3.63) is 45.0 Å². The van der Waals surface area contributed by atoms with Crippen LogP contribution in [0.4, 0.5) is 0 Å². The van der Waals surface area contributed by atoms with E-state index in [0.717, 1.165) is 0 Å². The van der Waals surface area contributed by atoms with Gasteiger partial charge in [-0.3, -0.25) is 14.9 Å². The molecule has 0 saturated carbocycles.